The molecule has 1 N–H and O–H groups in total. The highest BCUT2D eigenvalue weighted by molar-refractivity contribution is 5.79. The van der Waals surface area contributed by atoms with Crippen molar-refractivity contribution >= 4 is 5.91 Å². The molecule has 0 aliphatic carbocycles. The van der Waals surface area contributed by atoms with E-state index in [4.69, 9.17) is 4.74 Å². The van der Waals surface area contributed by atoms with E-state index in [-0.39, 0.29) is 11.8 Å². The molecular weight excluding hydrogens is 178 g/mol. The van der Waals surface area contributed by atoms with Crippen LogP contribution < -0.4 is 5.32 Å². The summed E-state index contributed by atoms with van der Waals surface area (Å²) in [5.41, 5.74) is 0. The fraction of sp³-hybridized carbons (Fsp3) is 0.909. The van der Waals surface area contributed by atoms with E-state index in [1.807, 2.05) is 0 Å². The molecule has 0 radical (unpaired) electrons. The molecule has 2 fully saturated rings. The Balaban J connectivity index is 1.79. The van der Waals surface area contributed by atoms with E-state index in [2.05, 4.69) is 5.32 Å². The van der Waals surface area contributed by atoms with Crippen LogP contribution in [0.3, 0.4) is 0 Å². The highest BCUT2D eigenvalue weighted by Gasteiger charge is 2.26. The third-order valence-corrected chi connectivity index (χ3v) is 3.22. The molecule has 2 aliphatic rings. The molecule has 1 amide bonds. The van der Waals surface area contributed by atoms with Gasteiger partial charge in [-0.25, -0.2) is 0 Å². The average Bonchev–Trinajstić information content (AvgIpc) is 2.23. The van der Waals surface area contributed by atoms with Gasteiger partial charge in [-0.15, -0.1) is 0 Å². The summed E-state index contributed by atoms with van der Waals surface area (Å²) in [7, 11) is 0. The number of amides is 1. The molecule has 2 rings (SSSR count). The molecule has 0 aromatic heterocycles. The number of rotatable bonds is 2. The standard InChI is InChI=1S/C11H19NO2/c13-11-9(4-3-6-12-11)8-10-5-1-2-7-14-10/h9-10H,1-8H2,(H,12,13). The summed E-state index contributed by atoms with van der Waals surface area (Å²) >= 11 is 0. The smallest absolute Gasteiger partial charge is 0.223 e. The van der Waals surface area contributed by atoms with Gasteiger partial charge in [0.05, 0.1) is 6.10 Å². The Hall–Kier alpha value is -0.570. The lowest BCUT2D eigenvalue weighted by Gasteiger charge is -2.28. The molecule has 2 aliphatic heterocycles. The Morgan fingerprint density at radius 3 is 2.93 bits per heavy atom. The predicted octanol–water partition coefficient (Wildman–Crippen LogP) is 1.47. The summed E-state index contributed by atoms with van der Waals surface area (Å²) in [5, 5.41) is 2.93. The Labute approximate surface area is 85.2 Å². The summed E-state index contributed by atoms with van der Waals surface area (Å²) in [6, 6.07) is 0. The van der Waals surface area contributed by atoms with E-state index in [1.54, 1.807) is 0 Å². The van der Waals surface area contributed by atoms with Gasteiger partial charge in [0, 0.05) is 19.1 Å². The number of ether oxygens (including phenoxy) is 1. The first-order valence-corrected chi connectivity index (χ1v) is 5.75. The first kappa shape index (κ1) is 9.97. The lowest BCUT2D eigenvalue weighted by atomic mass is 9.90. The molecule has 2 heterocycles. The summed E-state index contributed by atoms with van der Waals surface area (Å²) in [5.74, 6) is 0.456. The zero-order chi connectivity index (χ0) is 9.80. The molecule has 14 heavy (non-hydrogen) atoms. The zero-order valence-corrected chi connectivity index (χ0v) is 8.63. The van der Waals surface area contributed by atoms with E-state index < -0.39 is 0 Å². The van der Waals surface area contributed by atoms with Gasteiger partial charge in [-0.05, 0) is 38.5 Å². The minimum Gasteiger partial charge on any atom is -0.378 e. The molecule has 3 nitrogen and oxygen atoms in total. The van der Waals surface area contributed by atoms with Crippen molar-refractivity contribution in [2.45, 2.75) is 44.6 Å². The van der Waals surface area contributed by atoms with Crippen LogP contribution in [-0.4, -0.2) is 25.2 Å². The van der Waals surface area contributed by atoms with Crippen LogP contribution in [0.5, 0.6) is 0 Å². The number of nitrogens with one attached hydrogen (secondary N) is 1. The van der Waals surface area contributed by atoms with Crippen LogP contribution in [0.4, 0.5) is 0 Å². The maximum Gasteiger partial charge on any atom is 0.223 e. The Morgan fingerprint density at radius 2 is 2.21 bits per heavy atom. The van der Waals surface area contributed by atoms with E-state index in [9.17, 15) is 4.79 Å². The van der Waals surface area contributed by atoms with Gasteiger partial charge in [-0.1, -0.05) is 0 Å². The minimum atomic E-state index is 0.215. The van der Waals surface area contributed by atoms with E-state index in [0.717, 1.165) is 38.8 Å². The van der Waals surface area contributed by atoms with E-state index >= 15 is 0 Å². The number of carbonyl (C=O) groups excluding carboxylic acids is 1. The number of hydrogen-bond acceptors (Lipinski definition) is 2. The van der Waals surface area contributed by atoms with Gasteiger partial charge >= 0.3 is 0 Å². The normalized spacial score (nSPS) is 33.9. The van der Waals surface area contributed by atoms with Gasteiger partial charge in [0.2, 0.25) is 5.91 Å². The molecule has 0 saturated carbocycles. The first-order chi connectivity index (χ1) is 6.86. The summed E-state index contributed by atoms with van der Waals surface area (Å²) < 4.78 is 5.65. The number of piperidine rings is 1. The Bertz CT molecular complexity index is 199. The molecule has 3 heteroatoms. The molecule has 2 saturated heterocycles. The van der Waals surface area contributed by atoms with Crippen LogP contribution in [0.15, 0.2) is 0 Å². The molecule has 0 aromatic carbocycles. The molecule has 80 valence electrons. The van der Waals surface area contributed by atoms with E-state index in [1.165, 1.54) is 12.8 Å². The van der Waals surface area contributed by atoms with Crippen LogP contribution in [0.1, 0.15) is 38.5 Å². The monoisotopic (exact) mass is 197 g/mol. The third kappa shape index (κ3) is 2.47. The van der Waals surface area contributed by atoms with Crippen molar-refractivity contribution in [3.05, 3.63) is 0 Å². The number of carbonyl (C=O) groups is 1. The third-order valence-electron chi connectivity index (χ3n) is 3.22. The van der Waals surface area contributed by atoms with Crippen LogP contribution in [0.25, 0.3) is 0 Å². The van der Waals surface area contributed by atoms with E-state index in [0.29, 0.717) is 6.10 Å². The molecule has 0 aromatic rings. The molecule has 2 atom stereocenters. The van der Waals surface area contributed by atoms with Crippen molar-refractivity contribution in [3.8, 4) is 0 Å². The lowest BCUT2D eigenvalue weighted by Crippen LogP contribution is -2.38. The Morgan fingerprint density at radius 1 is 1.29 bits per heavy atom. The van der Waals surface area contributed by atoms with Gasteiger partial charge in [-0.2, -0.15) is 0 Å². The number of hydrogen-bond donors (Lipinski definition) is 1. The molecule has 2 unspecified atom stereocenters. The molecular formula is C11H19NO2. The average molecular weight is 197 g/mol. The summed E-state index contributed by atoms with van der Waals surface area (Å²) in [4.78, 5) is 11.5. The van der Waals surface area contributed by atoms with Gasteiger partial charge in [0.15, 0.2) is 0 Å². The van der Waals surface area contributed by atoms with Crippen molar-refractivity contribution in [1.82, 2.24) is 5.32 Å². The van der Waals surface area contributed by atoms with Crippen molar-refractivity contribution in [3.63, 3.8) is 0 Å². The fourth-order valence-corrected chi connectivity index (χ4v) is 2.37. The van der Waals surface area contributed by atoms with Crippen LogP contribution in [0.2, 0.25) is 0 Å². The summed E-state index contributed by atoms with van der Waals surface area (Å²) in [6.45, 7) is 1.75. The van der Waals surface area contributed by atoms with Gasteiger partial charge in [0.1, 0.15) is 0 Å². The maximum atomic E-state index is 11.5. The first-order valence-electron chi connectivity index (χ1n) is 5.75. The van der Waals surface area contributed by atoms with Crippen molar-refractivity contribution in [2.75, 3.05) is 13.2 Å². The van der Waals surface area contributed by atoms with Crippen LogP contribution in [-0.2, 0) is 9.53 Å². The largest absolute Gasteiger partial charge is 0.378 e. The van der Waals surface area contributed by atoms with Gasteiger partial charge in [0.25, 0.3) is 0 Å². The zero-order valence-electron chi connectivity index (χ0n) is 8.63. The fourth-order valence-electron chi connectivity index (χ4n) is 2.37. The van der Waals surface area contributed by atoms with Crippen LogP contribution >= 0.6 is 0 Å². The Kier molecular flexibility index (Phi) is 3.40. The van der Waals surface area contributed by atoms with Crippen molar-refractivity contribution in [1.29, 1.82) is 0 Å². The maximum absolute atomic E-state index is 11.5. The minimum absolute atomic E-state index is 0.215. The topological polar surface area (TPSA) is 38.3 Å². The lowest BCUT2D eigenvalue weighted by molar-refractivity contribution is -0.128. The van der Waals surface area contributed by atoms with Gasteiger partial charge < -0.3 is 10.1 Å². The molecule has 0 bridgehead atoms. The van der Waals surface area contributed by atoms with Crippen molar-refractivity contribution in [2.24, 2.45) is 5.92 Å². The second kappa shape index (κ2) is 4.78. The van der Waals surface area contributed by atoms with Crippen molar-refractivity contribution < 1.29 is 9.53 Å². The van der Waals surface area contributed by atoms with Gasteiger partial charge in [-0.3, -0.25) is 4.79 Å². The quantitative estimate of drug-likeness (QED) is 0.728. The highest BCUT2D eigenvalue weighted by Crippen LogP contribution is 2.23. The van der Waals surface area contributed by atoms with Crippen LogP contribution in [0, 0.1) is 5.92 Å². The highest BCUT2D eigenvalue weighted by atomic mass is 16.5. The SMILES string of the molecule is O=C1NCCCC1CC1CCCCO1. The second-order valence-corrected chi connectivity index (χ2v) is 4.35. The second-order valence-electron chi connectivity index (χ2n) is 4.35. The molecule has 0 spiro atoms. The predicted molar refractivity (Wildman–Crippen MR) is 53.9 cm³/mol. The summed E-state index contributed by atoms with van der Waals surface area (Å²) in [6.07, 6.45) is 7.05.